The van der Waals surface area contributed by atoms with Crippen molar-refractivity contribution in [3.63, 3.8) is 0 Å². The lowest BCUT2D eigenvalue weighted by Gasteiger charge is -2.16. The monoisotopic (exact) mass is 431 g/mol. The van der Waals surface area contributed by atoms with Gasteiger partial charge in [0.15, 0.2) is 16.8 Å². The molecule has 156 valence electrons. The molecule has 1 aromatic carbocycles. The number of rotatable bonds is 7. The Kier molecular flexibility index (Phi) is 6.23. The Balaban J connectivity index is 1.57. The molecule has 3 heterocycles. The summed E-state index contributed by atoms with van der Waals surface area (Å²) in [4.78, 5) is 23.0. The van der Waals surface area contributed by atoms with Crippen molar-refractivity contribution < 1.29 is 4.79 Å². The van der Waals surface area contributed by atoms with Gasteiger partial charge in [0.25, 0.3) is 0 Å². The summed E-state index contributed by atoms with van der Waals surface area (Å²) in [5.74, 6) is 1.41. The van der Waals surface area contributed by atoms with E-state index in [1.54, 1.807) is 24.7 Å². The first kappa shape index (κ1) is 20.5. The van der Waals surface area contributed by atoms with E-state index < -0.39 is 0 Å². The zero-order chi connectivity index (χ0) is 21.6. The van der Waals surface area contributed by atoms with Crippen LogP contribution in [0.3, 0.4) is 0 Å². The van der Waals surface area contributed by atoms with E-state index in [4.69, 9.17) is 0 Å². The summed E-state index contributed by atoms with van der Waals surface area (Å²) in [6, 6.07) is 17.2. The number of thioether (sulfide) groups is 1. The van der Waals surface area contributed by atoms with Gasteiger partial charge in [-0.2, -0.15) is 0 Å². The van der Waals surface area contributed by atoms with E-state index in [0.29, 0.717) is 22.5 Å². The number of carbonyl (C=O) groups excluding carboxylic acids is 1. The fourth-order valence-corrected chi connectivity index (χ4v) is 3.77. The quantitative estimate of drug-likeness (QED) is 0.448. The van der Waals surface area contributed by atoms with Crippen molar-refractivity contribution in [2.75, 3.05) is 30.1 Å². The predicted molar refractivity (Wildman–Crippen MR) is 123 cm³/mol. The number of benzene rings is 1. The van der Waals surface area contributed by atoms with E-state index in [-0.39, 0.29) is 11.7 Å². The average molecular weight is 432 g/mol. The number of pyridine rings is 2. The van der Waals surface area contributed by atoms with E-state index in [1.807, 2.05) is 72.1 Å². The average Bonchev–Trinajstić information content (AvgIpc) is 3.23. The third kappa shape index (κ3) is 4.72. The van der Waals surface area contributed by atoms with Gasteiger partial charge in [0, 0.05) is 43.9 Å². The first-order valence-electron chi connectivity index (χ1n) is 9.59. The maximum atomic E-state index is 12.6. The Hall–Kier alpha value is -3.72. The summed E-state index contributed by atoms with van der Waals surface area (Å²) in [7, 11) is 3.77. The molecular weight excluding hydrogens is 410 g/mol. The lowest BCUT2D eigenvalue weighted by molar-refractivity contribution is -0.113. The largest absolute Gasteiger partial charge is 0.361 e. The molecule has 1 N–H and O–H groups in total. The summed E-state index contributed by atoms with van der Waals surface area (Å²) in [5, 5.41) is 12.3. The SMILES string of the molecule is CN(C)c1ncccc1NC(=O)CSc1nnc(-c2cccnc2)n1-c1ccccc1. The number of anilines is 2. The van der Waals surface area contributed by atoms with Gasteiger partial charge < -0.3 is 10.2 Å². The Morgan fingerprint density at radius 3 is 2.58 bits per heavy atom. The van der Waals surface area contributed by atoms with Crippen LogP contribution in [-0.2, 0) is 4.79 Å². The van der Waals surface area contributed by atoms with Crippen molar-refractivity contribution in [2.24, 2.45) is 0 Å². The molecule has 1 amide bonds. The topological polar surface area (TPSA) is 88.8 Å². The maximum Gasteiger partial charge on any atom is 0.234 e. The van der Waals surface area contributed by atoms with E-state index in [9.17, 15) is 4.79 Å². The second-order valence-corrected chi connectivity index (χ2v) is 7.77. The highest BCUT2D eigenvalue weighted by Gasteiger charge is 2.18. The number of hydrogen-bond donors (Lipinski definition) is 1. The van der Waals surface area contributed by atoms with Crippen molar-refractivity contribution in [3.8, 4) is 17.1 Å². The first-order valence-corrected chi connectivity index (χ1v) is 10.6. The van der Waals surface area contributed by atoms with Gasteiger partial charge in [-0.3, -0.25) is 14.3 Å². The third-order valence-corrected chi connectivity index (χ3v) is 5.31. The first-order chi connectivity index (χ1) is 15.1. The second kappa shape index (κ2) is 9.40. The van der Waals surface area contributed by atoms with Gasteiger partial charge in [0.05, 0.1) is 11.4 Å². The van der Waals surface area contributed by atoms with Gasteiger partial charge >= 0.3 is 0 Å². The second-order valence-electron chi connectivity index (χ2n) is 6.82. The predicted octanol–water partition coefficient (Wildman–Crippen LogP) is 3.52. The summed E-state index contributed by atoms with van der Waals surface area (Å²) in [5.41, 5.74) is 2.43. The summed E-state index contributed by atoms with van der Waals surface area (Å²) in [6.07, 6.45) is 5.16. The molecule has 8 nitrogen and oxygen atoms in total. The Morgan fingerprint density at radius 2 is 1.84 bits per heavy atom. The van der Waals surface area contributed by atoms with Crippen molar-refractivity contribution >= 4 is 29.2 Å². The van der Waals surface area contributed by atoms with E-state index in [2.05, 4.69) is 25.5 Å². The van der Waals surface area contributed by atoms with Crippen LogP contribution in [-0.4, -0.2) is 50.5 Å². The molecule has 0 saturated heterocycles. The molecule has 4 aromatic rings. The van der Waals surface area contributed by atoms with Crippen LogP contribution >= 0.6 is 11.8 Å². The van der Waals surface area contributed by atoms with Crippen LogP contribution in [0.4, 0.5) is 11.5 Å². The van der Waals surface area contributed by atoms with Crippen molar-refractivity contribution in [2.45, 2.75) is 5.16 Å². The fourth-order valence-electron chi connectivity index (χ4n) is 3.02. The zero-order valence-electron chi connectivity index (χ0n) is 17.1. The lowest BCUT2D eigenvalue weighted by atomic mass is 10.2. The van der Waals surface area contributed by atoms with Gasteiger partial charge in [-0.05, 0) is 36.4 Å². The van der Waals surface area contributed by atoms with Gasteiger partial charge in [0.1, 0.15) is 0 Å². The molecule has 0 bridgehead atoms. The number of nitrogens with zero attached hydrogens (tertiary/aromatic N) is 6. The van der Waals surface area contributed by atoms with Gasteiger partial charge in [-0.25, -0.2) is 4.98 Å². The van der Waals surface area contributed by atoms with Crippen LogP contribution in [0.1, 0.15) is 0 Å². The highest BCUT2D eigenvalue weighted by molar-refractivity contribution is 7.99. The van der Waals surface area contributed by atoms with Crippen molar-refractivity contribution in [3.05, 3.63) is 73.2 Å². The number of para-hydroxylation sites is 1. The number of hydrogen-bond acceptors (Lipinski definition) is 7. The van der Waals surface area contributed by atoms with E-state index in [0.717, 1.165) is 11.3 Å². The Morgan fingerprint density at radius 1 is 1.03 bits per heavy atom. The fraction of sp³-hybridized carbons (Fsp3) is 0.136. The molecule has 0 aliphatic rings. The minimum atomic E-state index is -0.147. The van der Waals surface area contributed by atoms with Crippen LogP contribution in [0.15, 0.2) is 78.3 Å². The molecule has 0 fully saturated rings. The lowest BCUT2D eigenvalue weighted by Crippen LogP contribution is -2.19. The van der Waals surface area contributed by atoms with Crippen LogP contribution in [0.2, 0.25) is 0 Å². The van der Waals surface area contributed by atoms with E-state index in [1.165, 1.54) is 11.8 Å². The normalized spacial score (nSPS) is 10.6. The molecule has 0 unspecified atom stereocenters. The molecule has 3 aromatic heterocycles. The number of nitrogens with one attached hydrogen (secondary N) is 1. The number of aromatic nitrogens is 5. The Bertz CT molecular complexity index is 1160. The summed E-state index contributed by atoms with van der Waals surface area (Å²) >= 11 is 1.32. The van der Waals surface area contributed by atoms with Crippen LogP contribution < -0.4 is 10.2 Å². The van der Waals surface area contributed by atoms with Crippen LogP contribution in [0.5, 0.6) is 0 Å². The number of amides is 1. The zero-order valence-corrected chi connectivity index (χ0v) is 18.0. The third-order valence-electron chi connectivity index (χ3n) is 4.38. The highest BCUT2D eigenvalue weighted by atomic mass is 32.2. The van der Waals surface area contributed by atoms with Gasteiger partial charge in [-0.15, -0.1) is 10.2 Å². The van der Waals surface area contributed by atoms with E-state index >= 15 is 0 Å². The summed E-state index contributed by atoms with van der Waals surface area (Å²) < 4.78 is 1.93. The van der Waals surface area contributed by atoms with Crippen LogP contribution in [0.25, 0.3) is 17.1 Å². The van der Waals surface area contributed by atoms with Crippen LogP contribution in [0, 0.1) is 0 Å². The molecular formula is C22H21N7OS. The smallest absolute Gasteiger partial charge is 0.234 e. The van der Waals surface area contributed by atoms with Gasteiger partial charge in [0.2, 0.25) is 5.91 Å². The Labute approximate surface area is 184 Å². The van der Waals surface area contributed by atoms with Crippen molar-refractivity contribution in [1.29, 1.82) is 0 Å². The van der Waals surface area contributed by atoms with Gasteiger partial charge in [-0.1, -0.05) is 30.0 Å². The summed E-state index contributed by atoms with van der Waals surface area (Å²) in [6.45, 7) is 0. The minimum absolute atomic E-state index is 0.147. The number of carbonyl (C=O) groups is 1. The molecule has 0 atom stereocenters. The molecule has 31 heavy (non-hydrogen) atoms. The molecule has 0 aliphatic heterocycles. The molecule has 0 radical (unpaired) electrons. The maximum absolute atomic E-state index is 12.6. The molecule has 0 saturated carbocycles. The molecule has 0 aliphatic carbocycles. The minimum Gasteiger partial charge on any atom is -0.361 e. The highest BCUT2D eigenvalue weighted by Crippen LogP contribution is 2.28. The molecule has 9 heteroatoms. The van der Waals surface area contributed by atoms with Crippen molar-refractivity contribution in [1.82, 2.24) is 24.7 Å². The molecule has 4 rings (SSSR count). The standard InChI is InChI=1S/C22H21N7OS/c1-28(2)21-18(11-7-13-24-21)25-19(30)15-31-22-27-26-20(16-8-6-12-23-14-16)29(22)17-9-4-3-5-10-17/h3-14H,15H2,1-2H3,(H,25,30). The molecule has 0 spiro atoms.